The number of hydrogen-bond donors (Lipinski definition) is 0. The van der Waals surface area contributed by atoms with E-state index in [1.807, 2.05) is 32.2 Å². The fraction of sp³-hybridized carbons (Fsp3) is 0.278. The minimum Gasteiger partial charge on any atom is -0.337 e. The van der Waals surface area contributed by atoms with Crippen molar-refractivity contribution < 1.29 is 4.79 Å². The Balaban J connectivity index is 2.21. The van der Waals surface area contributed by atoms with E-state index in [1.165, 1.54) is 16.7 Å². The molecule has 0 saturated carbocycles. The van der Waals surface area contributed by atoms with Gasteiger partial charge in [0.15, 0.2) is 0 Å². The maximum Gasteiger partial charge on any atom is 0.255 e. The van der Waals surface area contributed by atoms with Gasteiger partial charge in [-0.05, 0) is 59.5 Å². The minimum atomic E-state index is 0.0329. The third-order valence-electron chi connectivity index (χ3n) is 3.67. The smallest absolute Gasteiger partial charge is 0.255 e. The molecule has 0 unspecified atom stereocenters. The second-order valence-electron chi connectivity index (χ2n) is 5.53. The second-order valence-corrected chi connectivity index (χ2v) is 6.32. The van der Waals surface area contributed by atoms with Crippen molar-refractivity contribution in [1.82, 2.24) is 4.90 Å². The van der Waals surface area contributed by atoms with Crippen LogP contribution in [0.5, 0.6) is 0 Å². The zero-order valence-corrected chi connectivity index (χ0v) is 14.5. The number of rotatable bonds is 3. The highest BCUT2D eigenvalue weighted by molar-refractivity contribution is 9.10. The Hall–Kier alpha value is -1.61. The van der Waals surface area contributed by atoms with E-state index in [1.54, 1.807) is 4.90 Å². The van der Waals surface area contributed by atoms with Crippen LogP contribution in [0, 0.1) is 20.8 Å². The van der Waals surface area contributed by atoms with Gasteiger partial charge in [0.1, 0.15) is 0 Å². The SMILES string of the molecule is Cc1ccc(CN(C)C(=O)c2cccc(C)c2Br)c(C)c1. The minimum absolute atomic E-state index is 0.0329. The zero-order valence-electron chi connectivity index (χ0n) is 12.9. The molecule has 0 N–H and O–H groups in total. The summed E-state index contributed by atoms with van der Waals surface area (Å²) in [5.41, 5.74) is 5.42. The molecule has 2 aromatic carbocycles. The lowest BCUT2D eigenvalue weighted by Gasteiger charge is -2.20. The Morgan fingerprint density at radius 2 is 1.81 bits per heavy atom. The van der Waals surface area contributed by atoms with Crippen molar-refractivity contribution in [1.29, 1.82) is 0 Å². The summed E-state index contributed by atoms with van der Waals surface area (Å²) in [6.07, 6.45) is 0. The predicted octanol–water partition coefficient (Wildman–Crippen LogP) is 4.65. The van der Waals surface area contributed by atoms with E-state index in [4.69, 9.17) is 0 Å². The Bertz CT molecular complexity index is 679. The Morgan fingerprint density at radius 3 is 2.48 bits per heavy atom. The van der Waals surface area contributed by atoms with Crippen LogP contribution in [0.1, 0.15) is 32.6 Å². The molecule has 0 saturated heterocycles. The maximum absolute atomic E-state index is 12.6. The normalized spacial score (nSPS) is 10.5. The molecule has 0 aliphatic carbocycles. The highest BCUT2D eigenvalue weighted by atomic mass is 79.9. The first-order valence-electron chi connectivity index (χ1n) is 6.97. The number of amides is 1. The number of hydrogen-bond acceptors (Lipinski definition) is 1. The molecule has 0 aromatic heterocycles. The third-order valence-corrected chi connectivity index (χ3v) is 4.73. The van der Waals surface area contributed by atoms with Gasteiger partial charge in [-0.2, -0.15) is 0 Å². The van der Waals surface area contributed by atoms with Gasteiger partial charge in [-0.3, -0.25) is 4.79 Å². The first-order chi connectivity index (χ1) is 9.90. The number of nitrogens with zero attached hydrogens (tertiary/aromatic N) is 1. The molecular weight excluding hydrogens is 326 g/mol. The van der Waals surface area contributed by atoms with Crippen LogP contribution < -0.4 is 0 Å². The van der Waals surface area contributed by atoms with Crippen molar-refractivity contribution in [3.63, 3.8) is 0 Å². The molecule has 0 radical (unpaired) electrons. The van der Waals surface area contributed by atoms with Crippen LogP contribution in [0.3, 0.4) is 0 Å². The van der Waals surface area contributed by atoms with Crippen LogP contribution in [0.15, 0.2) is 40.9 Å². The number of carbonyl (C=O) groups is 1. The van der Waals surface area contributed by atoms with Crippen molar-refractivity contribution in [2.45, 2.75) is 27.3 Å². The van der Waals surface area contributed by atoms with Crippen LogP contribution in [0.4, 0.5) is 0 Å². The molecule has 110 valence electrons. The highest BCUT2D eigenvalue weighted by Crippen LogP contribution is 2.23. The average molecular weight is 346 g/mol. The number of aryl methyl sites for hydroxylation is 3. The zero-order chi connectivity index (χ0) is 15.6. The van der Waals surface area contributed by atoms with E-state index in [0.29, 0.717) is 12.1 Å². The summed E-state index contributed by atoms with van der Waals surface area (Å²) in [5.74, 6) is 0.0329. The van der Waals surface area contributed by atoms with Gasteiger partial charge in [-0.15, -0.1) is 0 Å². The molecule has 0 spiro atoms. The second kappa shape index (κ2) is 6.44. The van der Waals surface area contributed by atoms with Crippen molar-refractivity contribution in [3.8, 4) is 0 Å². The van der Waals surface area contributed by atoms with Gasteiger partial charge in [-0.1, -0.05) is 35.9 Å². The summed E-state index contributed by atoms with van der Waals surface area (Å²) >= 11 is 3.51. The molecule has 0 bridgehead atoms. The number of benzene rings is 2. The van der Waals surface area contributed by atoms with E-state index in [9.17, 15) is 4.79 Å². The van der Waals surface area contributed by atoms with Gasteiger partial charge in [0, 0.05) is 18.1 Å². The number of halogens is 1. The Kier molecular flexibility index (Phi) is 4.84. The molecule has 0 atom stereocenters. The fourth-order valence-electron chi connectivity index (χ4n) is 2.37. The van der Waals surface area contributed by atoms with Gasteiger partial charge in [0.05, 0.1) is 5.56 Å². The highest BCUT2D eigenvalue weighted by Gasteiger charge is 2.16. The van der Waals surface area contributed by atoms with Crippen molar-refractivity contribution in [2.24, 2.45) is 0 Å². The summed E-state index contributed by atoms with van der Waals surface area (Å²) in [4.78, 5) is 14.4. The first kappa shape index (κ1) is 15.8. The van der Waals surface area contributed by atoms with Gasteiger partial charge < -0.3 is 4.90 Å². The Labute approximate surface area is 134 Å². The van der Waals surface area contributed by atoms with Crippen LogP contribution in [-0.2, 0) is 6.54 Å². The van der Waals surface area contributed by atoms with Crippen LogP contribution in [0.25, 0.3) is 0 Å². The van der Waals surface area contributed by atoms with Crippen LogP contribution >= 0.6 is 15.9 Å². The number of carbonyl (C=O) groups excluding carboxylic acids is 1. The summed E-state index contributed by atoms with van der Waals surface area (Å²) in [6, 6.07) is 12.1. The molecule has 1 amide bonds. The van der Waals surface area contributed by atoms with Gasteiger partial charge >= 0.3 is 0 Å². The van der Waals surface area contributed by atoms with Gasteiger partial charge in [0.2, 0.25) is 0 Å². The lowest BCUT2D eigenvalue weighted by Crippen LogP contribution is -2.27. The predicted molar refractivity (Wildman–Crippen MR) is 90.6 cm³/mol. The van der Waals surface area contributed by atoms with E-state index in [0.717, 1.165) is 10.0 Å². The first-order valence-corrected chi connectivity index (χ1v) is 7.76. The summed E-state index contributed by atoms with van der Waals surface area (Å²) < 4.78 is 0.877. The summed E-state index contributed by atoms with van der Waals surface area (Å²) in [6.45, 7) is 6.77. The largest absolute Gasteiger partial charge is 0.337 e. The third kappa shape index (κ3) is 3.53. The monoisotopic (exact) mass is 345 g/mol. The molecule has 2 nitrogen and oxygen atoms in total. The average Bonchev–Trinajstić information content (AvgIpc) is 2.44. The van der Waals surface area contributed by atoms with Crippen molar-refractivity contribution in [2.75, 3.05) is 7.05 Å². The van der Waals surface area contributed by atoms with E-state index < -0.39 is 0 Å². The molecule has 0 aliphatic heterocycles. The van der Waals surface area contributed by atoms with Gasteiger partial charge in [-0.25, -0.2) is 0 Å². The lowest BCUT2D eigenvalue weighted by molar-refractivity contribution is 0.0784. The Morgan fingerprint density at radius 1 is 1.10 bits per heavy atom. The fourth-order valence-corrected chi connectivity index (χ4v) is 2.80. The molecule has 3 heteroatoms. The molecular formula is C18H20BrNO. The summed E-state index contributed by atoms with van der Waals surface area (Å²) in [7, 11) is 1.84. The standard InChI is InChI=1S/C18H20BrNO/c1-12-8-9-15(14(3)10-12)11-20(4)18(21)16-7-5-6-13(2)17(16)19/h5-10H,11H2,1-4H3. The van der Waals surface area contributed by atoms with Crippen molar-refractivity contribution in [3.05, 3.63) is 68.7 Å². The van der Waals surface area contributed by atoms with E-state index >= 15 is 0 Å². The van der Waals surface area contributed by atoms with Crippen LogP contribution in [0.2, 0.25) is 0 Å². The molecule has 0 aliphatic rings. The van der Waals surface area contributed by atoms with E-state index in [2.05, 4.69) is 48.0 Å². The van der Waals surface area contributed by atoms with E-state index in [-0.39, 0.29) is 5.91 Å². The maximum atomic E-state index is 12.6. The molecule has 2 aromatic rings. The topological polar surface area (TPSA) is 20.3 Å². The molecule has 2 rings (SSSR count). The van der Waals surface area contributed by atoms with Crippen LogP contribution in [-0.4, -0.2) is 17.9 Å². The molecule has 0 heterocycles. The molecule has 21 heavy (non-hydrogen) atoms. The lowest BCUT2D eigenvalue weighted by atomic mass is 10.0. The van der Waals surface area contributed by atoms with Gasteiger partial charge in [0.25, 0.3) is 5.91 Å². The van der Waals surface area contributed by atoms with Crippen molar-refractivity contribution >= 4 is 21.8 Å². The quantitative estimate of drug-likeness (QED) is 0.792. The summed E-state index contributed by atoms with van der Waals surface area (Å²) in [5, 5.41) is 0. The molecule has 0 fully saturated rings.